The number of H-pyrrole nitrogens is 1. The summed E-state index contributed by atoms with van der Waals surface area (Å²) in [6.07, 6.45) is 4.92. The molecule has 1 atom stereocenters. The lowest BCUT2D eigenvalue weighted by Gasteiger charge is -2.15. The summed E-state index contributed by atoms with van der Waals surface area (Å²) < 4.78 is 11.3. The van der Waals surface area contributed by atoms with E-state index in [1.165, 1.54) is 6.33 Å². The van der Waals surface area contributed by atoms with Gasteiger partial charge in [-0.15, -0.1) is 0 Å². The van der Waals surface area contributed by atoms with Gasteiger partial charge in [0.05, 0.1) is 6.04 Å². The van der Waals surface area contributed by atoms with Gasteiger partial charge in [-0.05, 0) is 13.0 Å². The van der Waals surface area contributed by atoms with Crippen LogP contribution in [0.5, 0.6) is 11.5 Å². The minimum atomic E-state index is 0.0569. The second-order valence-corrected chi connectivity index (χ2v) is 4.94. The van der Waals surface area contributed by atoms with Gasteiger partial charge < -0.3 is 14.8 Å². The quantitative estimate of drug-likeness (QED) is 0.660. The first-order chi connectivity index (χ1) is 11.2. The number of rotatable bonds is 10. The molecule has 0 unspecified atom stereocenters. The number of aromatic amines is 1. The van der Waals surface area contributed by atoms with Crippen LogP contribution in [-0.2, 0) is 6.54 Å². The monoisotopic (exact) mass is 314 g/mol. The molecule has 0 aliphatic heterocycles. The molecule has 0 saturated heterocycles. The molecule has 2 rings (SSSR count). The maximum Gasteiger partial charge on any atom is 0.141 e. The normalized spacial score (nSPS) is 11.7. The zero-order valence-corrected chi connectivity index (χ0v) is 13.3. The van der Waals surface area contributed by atoms with E-state index in [1.807, 2.05) is 25.1 Å². The van der Waals surface area contributed by atoms with Crippen LogP contribution in [0.4, 0.5) is 0 Å². The van der Waals surface area contributed by atoms with Gasteiger partial charge in [-0.25, -0.2) is 4.98 Å². The zero-order valence-electron chi connectivity index (χ0n) is 13.3. The molecule has 1 aromatic carbocycles. The van der Waals surface area contributed by atoms with Crippen LogP contribution in [0.25, 0.3) is 0 Å². The minimum Gasteiger partial charge on any atom is -0.489 e. The Labute approximate surface area is 136 Å². The van der Waals surface area contributed by atoms with Crippen molar-refractivity contribution in [2.45, 2.75) is 19.5 Å². The molecule has 0 saturated carbocycles. The predicted molar refractivity (Wildman–Crippen MR) is 89.5 cm³/mol. The standard InChI is InChI=1S/C17H22N4O2/c1-4-8-22-15-7-6-14(16(10-15)23-9-5-2)11-18-13(3)17-19-12-20-21-17/h4-7,10,12-13,18H,1-2,8-9,11H2,3H3,(H,19,20,21)/t13-/m0/s1. The van der Waals surface area contributed by atoms with Crippen molar-refractivity contribution >= 4 is 0 Å². The van der Waals surface area contributed by atoms with Crippen molar-refractivity contribution in [2.24, 2.45) is 0 Å². The van der Waals surface area contributed by atoms with Gasteiger partial charge in [0, 0.05) is 18.2 Å². The van der Waals surface area contributed by atoms with E-state index in [1.54, 1.807) is 12.2 Å². The van der Waals surface area contributed by atoms with E-state index in [0.717, 1.165) is 22.9 Å². The van der Waals surface area contributed by atoms with E-state index in [4.69, 9.17) is 9.47 Å². The van der Waals surface area contributed by atoms with Gasteiger partial charge in [0.15, 0.2) is 0 Å². The van der Waals surface area contributed by atoms with E-state index in [-0.39, 0.29) is 6.04 Å². The summed E-state index contributed by atoms with van der Waals surface area (Å²) in [6.45, 7) is 10.9. The molecule has 0 fully saturated rings. The molecule has 2 N–H and O–H groups in total. The lowest BCUT2D eigenvalue weighted by atomic mass is 10.1. The van der Waals surface area contributed by atoms with Crippen molar-refractivity contribution in [1.29, 1.82) is 0 Å². The Hall–Kier alpha value is -2.60. The number of aromatic nitrogens is 3. The first-order valence-corrected chi connectivity index (χ1v) is 7.43. The molecular weight excluding hydrogens is 292 g/mol. The summed E-state index contributed by atoms with van der Waals surface area (Å²) in [7, 11) is 0. The zero-order chi connectivity index (χ0) is 16.5. The molecule has 0 aliphatic carbocycles. The van der Waals surface area contributed by atoms with Crippen LogP contribution in [0.3, 0.4) is 0 Å². The highest BCUT2D eigenvalue weighted by atomic mass is 16.5. The topological polar surface area (TPSA) is 72.1 Å². The molecule has 0 aliphatic rings. The van der Waals surface area contributed by atoms with Crippen LogP contribution in [-0.4, -0.2) is 28.4 Å². The van der Waals surface area contributed by atoms with Crippen LogP contribution in [0.2, 0.25) is 0 Å². The van der Waals surface area contributed by atoms with Gasteiger partial charge in [-0.2, -0.15) is 5.10 Å². The van der Waals surface area contributed by atoms with Gasteiger partial charge in [0.2, 0.25) is 0 Å². The number of nitrogens with one attached hydrogen (secondary N) is 2. The van der Waals surface area contributed by atoms with E-state index in [9.17, 15) is 0 Å². The maximum atomic E-state index is 5.73. The average Bonchev–Trinajstić information content (AvgIpc) is 3.11. The molecule has 0 radical (unpaired) electrons. The molecule has 122 valence electrons. The molecule has 2 aromatic rings. The Morgan fingerprint density at radius 2 is 2.04 bits per heavy atom. The fourth-order valence-corrected chi connectivity index (χ4v) is 1.99. The summed E-state index contributed by atoms with van der Waals surface area (Å²) in [5.41, 5.74) is 1.03. The molecule has 1 heterocycles. The molecule has 0 spiro atoms. The van der Waals surface area contributed by atoms with Crippen LogP contribution < -0.4 is 14.8 Å². The summed E-state index contributed by atoms with van der Waals surface area (Å²) in [5, 5.41) is 10.1. The third-order valence-corrected chi connectivity index (χ3v) is 3.21. The Kier molecular flexibility index (Phi) is 6.38. The van der Waals surface area contributed by atoms with Crippen LogP contribution in [0, 0.1) is 0 Å². The molecule has 23 heavy (non-hydrogen) atoms. The van der Waals surface area contributed by atoms with Crippen LogP contribution >= 0.6 is 0 Å². The minimum absolute atomic E-state index is 0.0569. The lowest BCUT2D eigenvalue weighted by molar-refractivity contribution is 0.341. The van der Waals surface area contributed by atoms with Gasteiger partial charge in [0.1, 0.15) is 36.9 Å². The third kappa shape index (κ3) is 4.96. The first kappa shape index (κ1) is 16.8. The highest BCUT2D eigenvalue weighted by Crippen LogP contribution is 2.25. The number of ether oxygens (including phenoxy) is 2. The Bertz CT molecular complexity index is 626. The summed E-state index contributed by atoms with van der Waals surface area (Å²) in [6, 6.07) is 5.84. The molecule has 1 aromatic heterocycles. The van der Waals surface area contributed by atoms with Gasteiger partial charge in [-0.3, -0.25) is 5.10 Å². The lowest BCUT2D eigenvalue weighted by Crippen LogP contribution is -2.19. The second-order valence-electron chi connectivity index (χ2n) is 4.94. The Balaban J connectivity index is 2.05. The summed E-state index contributed by atoms with van der Waals surface area (Å²) in [5.74, 6) is 2.31. The largest absolute Gasteiger partial charge is 0.489 e. The third-order valence-electron chi connectivity index (χ3n) is 3.21. The Morgan fingerprint density at radius 3 is 2.74 bits per heavy atom. The summed E-state index contributed by atoms with van der Waals surface area (Å²) >= 11 is 0. The van der Waals surface area contributed by atoms with Crippen molar-refractivity contribution in [3.63, 3.8) is 0 Å². The predicted octanol–water partition coefficient (Wildman–Crippen LogP) is 2.79. The van der Waals surface area contributed by atoms with E-state index in [0.29, 0.717) is 19.8 Å². The number of nitrogens with zero attached hydrogens (tertiary/aromatic N) is 2. The fourth-order valence-electron chi connectivity index (χ4n) is 1.99. The molecule has 0 amide bonds. The first-order valence-electron chi connectivity index (χ1n) is 7.43. The smallest absolute Gasteiger partial charge is 0.141 e. The molecule has 0 bridgehead atoms. The average molecular weight is 314 g/mol. The molecular formula is C17H22N4O2. The van der Waals surface area contributed by atoms with Crippen LogP contribution in [0.15, 0.2) is 49.8 Å². The number of hydrogen-bond acceptors (Lipinski definition) is 5. The van der Waals surface area contributed by atoms with Gasteiger partial charge in [0.25, 0.3) is 0 Å². The maximum absolute atomic E-state index is 5.73. The van der Waals surface area contributed by atoms with E-state index >= 15 is 0 Å². The summed E-state index contributed by atoms with van der Waals surface area (Å²) in [4.78, 5) is 4.15. The van der Waals surface area contributed by atoms with Crippen molar-refractivity contribution < 1.29 is 9.47 Å². The van der Waals surface area contributed by atoms with Gasteiger partial charge in [-0.1, -0.05) is 31.4 Å². The van der Waals surface area contributed by atoms with E-state index in [2.05, 4.69) is 33.7 Å². The van der Waals surface area contributed by atoms with Gasteiger partial charge >= 0.3 is 0 Å². The molecule has 6 heteroatoms. The highest BCUT2D eigenvalue weighted by Gasteiger charge is 2.11. The van der Waals surface area contributed by atoms with Crippen molar-refractivity contribution in [2.75, 3.05) is 13.2 Å². The van der Waals surface area contributed by atoms with E-state index < -0.39 is 0 Å². The molecule has 6 nitrogen and oxygen atoms in total. The second kappa shape index (κ2) is 8.75. The fraction of sp³-hybridized carbons (Fsp3) is 0.294. The van der Waals surface area contributed by atoms with Crippen molar-refractivity contribution in [3.8, 4) is 11.5 Å². The number of benzene rings is 1. The van der Waals surface area contributed by atoms with Crippen LogP contribution in [0.1, 0.15) is 24.4 Å². The highest BCUT2D eigenvalue weighted by molar-refractivity contribution is 5.41. The Morgan fingerprint density at radius 1 is 1.26 bits per heavy atom. The number of hydrogen-bond donors (Lipinski definition) is 2. The van der Waals surface area contributed by atoms with Crippen molar-refractivity contribution in [3.05, 3.63) is 61.2 Å². The SMILES string of the molecule is C=CCOc1ccc(CN[C@@H](C)c2ncn[nH]2)c(OCC=C)c1. The van der Waals surface area contributed by atoms with Crippen molar-refractivity contribution in [1.82, 2.24) is 20.5 Å².